The molecule has 2 rings (SSSR count). The molecule has 174 valence electrons. The summed E-state index contributed by atoms with van der Waals surface area (Å²) in [5.74, 6) is 1.46. The van der Waals surface area contributed by atoms with E-state index in [4.69, 9.17) is 14.2 Å². The van der Waals surface area contributed by atoms with Gasteiger partial charge in [-0.3, -0.25) is 9.59 Å². The number of hydrogen-bond acceptors (Lipinski definition) is 5. The summed E-state index contributed by atoms with van der Waals surface area (Å²) in [5, 5.41) is 2.91. The molecule has 0 fully saturated rings. The fourth-order valence-electron chi connectivity index (χ4n) is 3.12. The average molecular weight is 443 g/mol. The highest BCUT2D eigenvalue weighted by Gasteiger charge is 2.26. The lowest BCUT2D eigenvalue weighted by Crippen LogP contribution is -2.50. The van der Waals surface area contributed by atoms with E-state index >= 15 is 0 Å². The molecule has 7 heteroatoms. The van der Waals surface area contributed by atoms with Gasteiger partial charge in [0.25, 0.3) is 5.91 Å². The van der Waals surface area contributed by atoms with Crippen LogP contribution < -0.4 is 19.5 Å². The molecule has 1 atom stereocenters. The Morgan fingerprint density at radius 1 is 0.938 bits per heavy atom. The molecule has 0 aliphatic carbocycles. The largest absolute Gasteiger partial charge is 0.496 e. The van der Waals surface area contributed by atoms with Gasteiger partial charge in [-0.25, -0.2) is 0 Å². The SMILES string of the molecule is COc1cc(OC)cc(OCC(=O)N(CCc2ccccc2)[C@@H](C)C(=O)NCC(C)C)c1. The first kappa shape index (κ1) is 25.0. The number of methoxy groups -OCH3 is 2. The van der Waals surface area contributed by atoms with Crippen LogP contribution in [-0.2, 0) is 16.0 Å². The molecule has 0 aromatic heterocycles. The second-order valence-electron chi connectivity index (χ2n) is 7.97. The van der Waals surface area contributed by atoms with Crippen LogP contribution in [0.1, 0.15) is 26.3 Å². The Morgan fingerprint density at radius 2 is 1.53 bits per heavy atom. The van der Waals surface area contributed by atoms with Crippen LogP contribution in [0, 0.1) is 5.92 Å². The van der Waals surface area contributed by atoms with Crippen molar-refractivity contribution in [2.75, 3.05) is 33.9 Å². The minimum Gasteiger partial charge on any atom is -0.496 e. The third-order valence-electron chi connectivity index (χ3n) is 5.02. The van der Waals surface area contributed by atoms with Crippen LogP contribution in [0.5, 0.6) is 17.2 Å². The van der Waals surface area contributed by atoms with Crippen LogP contribution in [0.25, 0.3) is 0 Å². The third-order valence-corrected chi connectivity index (χ3v) is 5.02. The Kier molecular flexibility index (Phi) is 9.85. The van der Waals surface area contributed by atoms with Gasteiger partial charge in [-0.1, -0.05) is 44.2 Å². The highest BCUT2D eigenvalue weighted by Crippen LogP contribution is 2.27. The molecule has 0 radical (unpaired) electrons. The van der Waals surface area contributed by atoms with E-state index in [-0.39, 0.29) is 18.4 Å². The first-order chi connectivity index (χ1) is 15.3. The van der Waals surface area contributed by atoms with Gasteiger partial charge in [-0.05, 0) is 24.8 Å². The molecule has 32 heavy (non-hydrogen) atoms. The van der Waals surface area contributed by atoms with Crippen molar-refractivity contribution >= 4 is 11.8 Å². The van der Waals surface area contributed by atoms with E-state index in [9.17, 15) is 9.59 Å². The molecule has 0 aliphatic heterocycles. The number of hydrogen-bond donors (Lipinski definition) is 1. The number of nitrogens with one attached hydrogen (secondary N) is 1. The van der Waals surface area contributed by atoms with Crippen molar-refractivity contribution in [2.24, 2.45) is 5.92 Å². The summed E-state index contributed by atoms with van der Waals surface area (Å²) in [6.07, 6.45) is 0.640. The van der Waals surface area contributed by atoms with Crippen LogP contribution in [0.4, 0.5) is 0 Å². The summed E-state index contributed by atoms with van der Waals surface area (Å²) in [6.45, 7) is 6.56. The summed E-state index contributed by atoms with van der Waals surface area (Å²) >= 11 is 0. The van der Waals surface area contributed by atoms with Gasteiger partial charge < -0.3 is 24.4 Å². The van der Waals surface area contributed by atoms with Gasteiger partial charge in [0.15, 0.2) is 6.61 Å². The van der Waals surface area contributed by atoms with Gasteiger partial charge in [0.2, 0.25) is 5.91 Å². The highest BCUT2D eigenvalue weighted by atomic mass is 16.5. The van der Waals surface area contributed by atoms with Gasteiger partial charge >= 0.3 is 0 Å². The van der Waals surface area contributed by atoms with Crippen molar-refractivity contribution in [1.29, 1.82) is 0 Å². The molecule has 0 saturated heterocycles. The van der Waals surface area contributed by atoms with E-state index in [0.717, 1.165) is 5.56 Å². The minimum atomic E-state index is -0.617. The predicted octanol–water partition coefficient (Wildman–Crippen LogP) is 3.31. The predicted molar refractivity (Wildman–Crippen MR) is 124 cm³/mol. The fourth-order valence-corrected chi connectivity index (χ4v) is 3.12. The monoisotopic (exact) mass is 442 g/mol. The molecule has 2 aromatic carbocycles. The molecule has 0 bridgehead atoms. The maximum Gasteiger partial charge on any atom is 0.261 e. The number of ether oxygens (including phenoxy) is 3. The third kappa shape index (κ3) is 7.80. The molecule has 2 aromatic rings. The smallest absolute Gasteiger partial charge is 0.261 e. The van der Waals surface area contributed by atoms with Crippen LogP contribution in [0.2, 0.25) is 0 Å². The highest BCUT2D eigenvalue weighted by molar-refractivity contribution is 5.88. The minimum absolute atomic E-state index is 0.178. The van der Waals surface area contributed by atoms with Crippen molar-refractivity contribution < 1.29 is 23.8 Å². The van der Waals surface area contributed by atoms with Gasteiger partial charge in [-0.2, -0.15) is 0 Å². The van der Waals surface area contributed by atoms with Gasteiger partial charge in [-0.15, -0.1) is 0 Å². The van der Waals surface area contributed by atoms with Gasteiger partial charge in [0.05, 0.1) is 14.2 Å². The molecule has 0 spiro atoms. The number of rotatable bonds is 12. The first-order valence-corrected chi connectivity index (χ1v) is 10.8. The Bertz CT molecular complexity index is 848. The lowest BCUT2D eigenvalue weighted by Gasteiger charge is -2.29. The molecular weight excluding hydrogens is 408 g/mol. The van der Waals surface area contributed by atoms with Crippen LogP contribution in [0.3, 0.4) is 0 Å². The Labute approximate surface area is 190 Å². The quantitative estimate of drug-likeness (QED) is 0.546. The first-order valence-electron chi connectivity index (χ1n) is 10.8. The lowest BCUT2D eigenvalue weighted by atomic mass is 10.1. The van der Waals surface area contributed by atoms with E-state index in [2.05, 4.69) is 5.32 Å². The number of nitrogens with zero attached hydrogens (tertiary/aromatic N) is 1. The fraction of sp³-hybridized carbons (Fsp3) is 0.440. The number of carbonyl (C=O) groups excluding carboxylic acids is 2. The maximum absolute atomic E-state index is 13.1. The summed E-state index contributed by atoms with van der Waals surface area (Å²) < 4.78 is 16.2. The zero-order chi connectivity index (χ0) is 23.5. The summed E-state index contributed by atoms with van der Waals surface area (Å²) in [4.78, 5) is 27.3. The van der Waals surface area contributed by atoms with E-state index in [1.54, 1.807) is 44.2 Å². The number of amides is 2. The van der Waals surface area contributed by atoms with Crippen LogP contribution >= 0.6 is 0 Å². The van der Waals surface area contributed by atoms with E-state index in [0.29, 0.717) is 42.7 Å². The van der Waals surface area contributed by atoms with Crippen molar-refractivity contribution in [1.82, 2.24) is 10.2 Å². The van der Waals surface area contributed by atoms with Gasteiger partial charge in [0, 0.05) is 31.3 Å². The molecule has 2 amide bonds. The number of carbonyl (C=O) groups is 2. The molecule has 0 unspecified atom stereocenters. The normalized spacial score (nSPS) is 11.6. The van der Waals surface area contributed by atoms with Crippen molar-refractivity contribution in [3.05, 3.63) is 54.1 Å². The van der Waals surface area contributed by atoms with Crippen LogP contribution in [0.15, 0.2) is 48.5 Å². The van der Waals surface area contributed by atoms with Crippen molar-refractivity contribution in [3.63, 3.8) is 0 Å². The molecule has 0 saturated carbocycles. The molecule has 0 aliphatic rings. The average Bonchev–Trinajstić information content (AvgIpc) is 2.81. The van der Waals surface area contributed by atoms with Gasteiger partial charge in [0.1, 0.15) is 23.3 Å². The maximum atomic E-state index is 13.1. The molecule has 1 N–H and O–H groups in total. The second kappa shape index (κ2) is 12.6. The summed E-state index contributed by atoms with van der Waals surface area (Å²) in [5.41, 5.74) is 1.10. The number of benzene rings is 2. The van der Waals surface area contributed by atoms with Crippen molar-refractivity contribution in [3.8, 4) is 17.2 Å². The zero-order valence-electron chi connectivity index (χ0n) is 19.6. The van der Waals surface area contributed by atoms with Crippen LogP contribution in [-0.4, -0.2) is 56.7 Å². The van der Waals surface area contributed by atoms with E-state index in [1.807, 2.05) is 44.2 Å². The van der Waals surface area contributed by atoms with E-state index < -0.39 is 6.04 Å². The molecular formula is C25H34N2O5. The summed E-state index contributed by atoms with van der Waals surface area (Å²) in [6, 6.07) is 14.3. The molecule has 0 heterocycles. The Morgan fingerprint density at radius 3 is 2.09 bits per heavy atom. The Hall–Kier alpha value is -3.22. The topological polar surface area (TPSA) is 77.1 Å². The molecule has 7 nitrogen and oxygen atoms in total. The zero-order valence-corrected chi connectivity index (χ0v) is 19.6. The lowest BCUT2D eigenvalue weighted by molar-refractivity contribution is -0.141. The summed E-state index contributed by atoms with van der Waals surface area (Å²) in [7, 11) is 3.10. The van der Waals surface area contributed by atoms with E-state index in [1.165, 1.54) is 0 Å². The Balaban J connectivity index is 2.10. The van der Waals surface area contributed by atoms with Crippen molar-refractivity contribution in [2.45, 2.75) is 33.2 Å². The second-order valence-corrected chi connectivity index (χ2v) is 7.97. The standard InChI is InChI=1S/C25H34N2O5/c1-18(2)16-26-25(29)19(3)27(12-11-20-9-7-6-8-10-20)24(28)17-32-23-14-21(30-4)13-22(15-23)31-5/h6-10,13-15,18-19H,11-12,16-17H2,1-5H3,(H,26,29)/t19-/m0/s1.